The van der Waals surface area contributed by atoms with Crippen molar-refractivity contribution in [2.24, 2.45) is 0 Å². The van der Waals surface area contributed by atoms with Crippen LogP contribution >= 0.6 is 0 Å². The van der Waals surface area contributed by atoms with E-state index in [9.17, 15) is 14.4 Å². The van der Waals surface area contributed by atoms with E-state index in [2.05, 4.69) is 57.2 Å². The van der Waals surface area contributed by atoms with Gasteiger partial charge < -0.3 is 14.2 Å². The zero-order chi connectivity index (χ0) is 59.9. The Bertz CT molecular complexity index is 1380. The molecule has 6 heteroatoms. The largest absolute Gasteiger partial charge is 0.462 e. The number of ether oxygens (including phenoxy) is 3. The molecule has 0 aromatic heterocycles. The van der Waals surface area contributed by atoms with Crippen LogP contribution in [-0.4, -0.2) is 37.2 Å². The predicted octanol–water partition coefficient (Wildman–Crippen LogP) is 25.9. The topological polar surface area (TPSA) is 78.9 Å². The molecule has 0 amide bonds. The lowest BCUT2D eigenvalue weighted by Gasteiger charge is -2.18. The molecule has 488 valence electrons. The van der Waals surface area contributed by atoms with Gasteiger partial charge in [0.15, 0.2) is 6.10 Å². The molecule has 83 heavy (non-hydrogen) atoms. The van der Waals surface area contributed by atoms with Crippen LogP contribution in [-0.2, 0) is 28.6 Å². The Morgan fingerprint density at radius 3 is 0.699 bits per heavy atom. The van der Waals surface area contributed by atoms with Crippen LogP contribution in [0, 0.1) is 0 Å². The summed E-state index contributed by atoms with van der Waals surface area (Å²) in [7, 11) is 0. The quantitative estimate of drug-likeness (QED) is 0.0261. The van der Waals surface area contributed by atoms with Gasteiger partial charge >= 0.3 is 17.9 Å². The molecule has 0 radical (unpaired) electrons. The Hall–Kier alpha value is -2.37. The number of unbranched alkanes of at least 4 members (excludes halogenated alkanes) is 53. The summed E-state index contributed by atoms with van der Waals surface area (Å²) in [4.78, 5) is 38.5. The van der Waals surface area contributed by atoms with Crippen molar-refractivity contribution in [3.63, 3.8) is 0 Å². The van der Waals surface area contributed by atoms with Gasteiger partial charge in [0.1, 0.15) is 13.2 Å². The fourth-order valence-corrected chi connectivity index (χ4v) is 11.5. The van der Waals surface area contributed by atoms with Crippen LogP contribution in [0.5, 0.6) is 0 Å². The van der Waals surface area contributed by atoms with Crippen molar-refractivity contribution in [3.05, 3.63) is 36.5 Å². The molecule has 0 spiro atoms. The van der Waals surface area contributed by atoms with Crippen molar-refractivity contribution in [2.75, 3.05) is 13.2 Å². The fraction of sp³-hybridized carbons (Fsp3) is 0.883. The lowest BCUT2D eigenvalue weighted by Crippen LogP contribution is -2.30. The summed E-state index contributed by atoms with van der Waals surface area (Å²) in [5.41, 5.74) is 0. The van der Waals surface area contributed by atoms with Crippen LogP contribution in [0.25, 0.3) is 0 Å². The van der Waals surface area contributed by atoms with Gasteiger partial charge in [-0.1, -0.05) is 359 Å². The highest BCUT2D eigenvalue weighted by molar-refractivity contribution is 5.71. The average molecular weight is 1170 g/mol. The summed E-state index contributed by atoms with van der Waals surface area (Å²) in [6.45, 7) is 6.70. The van der Waals surface area contributed by atoms with Crippen molar-refractivity contribution >= 4 is 17.9 Å². The van der Waals surface area contributed by atoms with Crippen molar-refractivity contribution in [1.82, 2.24) is 0 Å². The molecule has 0 fully saturated rings. The van der Waals surface area contributed by atoms with E-state index in [0.717, 1.165) is 70.6 Å². The highest BCUT2D eigenvalue weighted by Crippen LogP contribution is 2.19. The van der Waals surface area contributed by atoms with Crippen molar-refractivity contribution in [1.29, 1.82) is 0 Å². The molecule has 1 atom stereocenters. The Labute approximate surface area is 518 Å². The Morgan fingerprint density at radius 2 is 0.434 bits per heavy atom. The smallest absolute Gasteiger partial charge is 0.306 e. The Kier molecular flexibility index (Phi) is 70.0. The van der Waals surface area contributed by atoms with Gasteiger partial charge in [-0.25, -0.2) is 0 Å². The highest BCUT2D eigenvalue weighted by Gasteiger charge is 2.20. The lowest BCUT2D eigenvalue weighted by molar-refractivity contribution is -0.167. The summed E-state index contributed by atoms with van der Waals surface area (Å²) in [5.74, 6) is -0.846. The van der Waals surface area contributed by atoms with Crippen molar-refractivity contribution < 1.29 is 28.6 Å². The van der Waals surface area contributed by atoms with Gasteiger partial charge in [-0.15, -0.1) is 0 Å². The SMILES string of the molecule is CCCCC/C=C\C/C=C\CCCCCCCCCC(=O)OCC(COC(=O)CCCCCCCCCCCCCCCCCCCCCCCCCCC)OC(=O)CCCCCCCCCCCCC/C=C\CCCCCCCCCC. The number of allylic oxidation sites excluding steroid dienone is 6. The first kappa shape index (κ1) is 80.6. The second-order valence-electron chi connectivity index (χ2n) is 25.6. The van der Waals surface area contributed by atoms with Crippen LogP contribution in [0.3, 0.4) is 0 Å². The number of hydrogen-bond donors (Lipinski definition) is 0. The molecule has 1 unspecified atom stereocenters. The van der Waals surface area contributed by atoms with E-state index in [1.807, 2.05) is 0 Å². The first-order valence-corrected chi connectivity index (χ1v) is 37.5. The highest BCUT2D eigenvalue weighted by atomic mass is 16.6. The van der Waals surface area contributed by atoms with E-state index >= 15 is 0 Å². The molecule has 0 aliphatic rings. The Balaban J connectivity index is 4.28. The monoisotopic (exact) mass is 1170 g/mol. The molecular formula is C77H144O6. The van der Waals surface area contributed by atoms with Gasteiger partial charge in [0.2, 0.25) is 0 Å². The van der Waals surface area contributed by atoms with Crippen LogP contribution < -0.4 is 0 Å². The van der Waals surface area contributed by atoms with E-state index in [1.165, 1.54) is 308 Å². The van der Waals surface area contributed by atoms with Crippen LogP contribution in [0.4, 0.5) is 0 Å². The molecule has 0 heterocycles. The molecule has 6 nitrogen and oxygen atoms in total. The molecule has 0 saturated heterocycles. The summed E-state index contributed by atoms with van der Waals surface area (Å²) in [6.07, 6.45) is 90.4. The van der Waals surface area contributed by atoms with E-state index in [1.54, 1.807) is 0 Å². The Morgan fingerprint density at radius 1 is 0.241 bits per heavy atom. The number of hydrogen-bond acceptors (Lipinski definition) is 6. The van der Waals surface area contributed by atoms with Crippen molar-refractivity contribution in [3.8, 4) is 0 Å². The standard InChI is InChI=1S/C77H144O6/c1-4-7-10-13-16-19-22-25-28-31-33-35-37-38-40-41-43-46-49-52-55-58-61-64-67-70-76(79)82-73-74(72-81-75(78)69-66-63-60-57-54-51-48-45-30-27-24-21-18-15-12-9-6-3)83-77(80)71-68-65-62-59-56-53-50-47-44-42-39-36-34-32-29-26-23-20-17-14-11-8-5-2/h18,21,27,30,32,34,74H,4-17,19-20,22-26,28-29,31,33,35-73H2,1-3H3/b21-18-,30-27-,34-32-. The second-order valence-corrected chi connectivity index (χ2v) is 25.6. The normalized spacial score (nSPS) is 12.2. The summed E-state index contributed by atoms with van der Waals surface area (Å²) >= 11 is 0. The van der Waals surface area contributed by atoms with Crippen LogP contribution in [0.1, 0.15) is 419 Å². The van der Waals surface area contributed by atoms with Crippen LogP contribution in [0.15, 0.2) is 36.5 Å². The molecule has 0 aromatic rings. The maximum absolute atomic E-state index is 13.0. The molecule has 0 rings (SSSR count). The molecule has 0 N–H and O–H groups in total. The van der Waals surface area contributed by atoms with Crippen molar-refractivity contribution in [2.45, 2.75) is 425 Å². The van der Waals surface area contributed by atoms with Gasteiger partial charge in [0.05, 0.1) is 0 Å². The first-order chi connectivity index (χ1) is 41.0. The molecule has 0 bridgehead atoms. The molecular weight excluding hydrogens is 1020 g/mol. The van der Waals surface area contributed by atoms with E-state index in [-0.39, 0.29) is 31.1 Å². The molecule has 0 aliphatic heterocycles. The van der Waals surface area contributed by atoms with Gasteiger partial charge in [-0.05, 0) is 77.0 Å². The van der Waals surface area contributed by atoms with Gasteiger partial charge in [0.25, 0.3) is 0 Å². The molecule has 0 saturated carbocycles. The zero-order valence-corrected chi connectivity index (χ0v) is 56.2. The van der Waals surface area contributed by atoms with E-state index < -0.39 is 6.10 Å². The van der Waals surface area contributed by atoms with Crippen LogP contribution in [0.2, 0.25) is 0 Å². The third kappa shape index (κ3) is 70.3. The maximum atomic E-state index is 13.0. The van der Waals surface area contributed by atoms with Gasteiger partial charge in [-0.3, -0.25) is 14.4 Å². The number of carbonyl (C=O) groups excluding carboxylic acids is 3. The van der Waals surface area contributed by atoms with Gasteiger partial charge in [0, 0.05) is 19.3 Å². The predicted molar refractivity (Wildman–Crippen MR) is 362 cm³/mol. The van der Waals surface area contributed by atoms with Gasteiger partial charge in [-0.2, -0.15) is 0 Å². The minimum atomic E-state index is -0.776. The summed E-state index contributed by atoms with van der Waals surface area (Å²) in [6, 6.07) is 0. The third-order valence-electron chi connectivity index (χ3n) is 17.1. The average Bonchev–Trinajstić information content (AvgIpc) is 3.49. The van der Waals surface area contributed by atoms with E-state index in [4.69, 9.17) is 14.2 Å². The minimum Gasteiger partial charge on any atom is -0.462 e. The summed E-state index contributed by atoms with van der Waals surface area (Å²) in [5, 5.41) is 0. The number of rotatable bonds is 70. The van der Waals surface area contributed by atoms with E-state index in [0.29, 0.717) is 19.3 Å². The molecule has 0 aliphatic carbocycles. The fourth-order valence-electron chi connectivity index (χ4n) is 11.5. The maximum Gasteiger partial charge on any atom is 0.306 e. The number of esters is 3. The lowest BCUT2D eigenvalue weighted by atomic mass is 10.0. The third-order valence-corrected chi connectivity index (χ3v) is 17.1. The second kappa shape index (κ2) is 72.1. The zero-order valence-electron chi connectivity index (χ0n) is 56.2. The first-order valence-electron chi connectivity index (χ1n) is 37.5. The summed E-state index contributed by atoms with van der Waals surface area (Å²) < 4.78 is 17.0. The minimum absolute atomic E-state index is 0.0697. The number of carbonyl (C=O) groups is 3. The molecule has 0 aromatic carbocycles.